The van der Waals surface area contributed by atoms with Crippen LogP contribution in [-0.2, 0) is 20.7 Å². The summed E-state index contributed by atoms with van der Waals surface area (Å²) in [5.41, 5.74) is 2.69. The van der Waals surface area contributed by atoms with Gasteiger partial charge < -0.3 is 10.1 Å². The van der Waals surface area contributed by atoms with Gasteiger partial charge in [0.05, 0.1) is 13.0 Å². The van der Waals surface area contributed by atoms with Crippen LogP contribution in [0.2, 0.25) is 0 Å². The number of benzene rings is 4. The van der Waals surface area contributed by atoms with Gasteiger partial charge in [0.25, 0.3) is 0 Å². The fourth-order valence-electron chi connectivity index (χ4n) is 3.98. The zero-order valence-electron chi connectivity index (χ0n) is 17.9. The van der Waals surface area contributed by atoms with Gasteiger partial charge in [-0.1, -0.05) is 103 Å². The average Bonchev–Trinajstić information content (AvgIpc) is 2.84. The largest absolute Gasteiger partial charge is 0.467 e. The molecule has 4 aromatic carbocycles. The van der Waals surface area contributed by atoms with Crippen molar-refractivity contribution < 1.29 is 14.3 Å². The second kappa shape index (κ2) is 9.92. The molecule has 0 saturated carbocycles. The Morgan fingerprint density at radius 3 is 1.91 bits per heavy atom. The minimum Gasteiger partial charge on any atom is -0.467 e. The van der Waals surface area contributed by atoms with Crippen molar-refractivity contribution in [3.63, 3.8) is 0 Å². The minimum atomic E-state index is -0.788. The van der Waals surface area contributed by atoms with Crippen LogP contribution in [0, 0.1) is 0 Å². The summed E-state index contributed by atoms with van der Waals surface area (Å²) in [6, 6.07) is 32.5. The Morgan fingerprint density at radius 1 is 0.750 bits per heavy atom. The molecule has 1 atom stereocenters. The standard InChI is InChI=1S/C28H25NO3/c1-32-28(31)25(19-20-16-17-21-10-8-9-15-24(21)18-20)29-27(30)26(22-11-4-2-5-12-22)23-13-6-3-7-14-23/h2-18,25-26H,19H2,1H3,(H,29,30)/t25-/m1/s1. The molecule has 0 heterocycles. The molecule has 4 rings (SSSR count). The number of nitrogens with one attached hydrogen (secondary N) is 1. The first-order chi connectivity index (χ1) is 15.7. The molecule has 1 amide bonds. The topological polar surface area (TPSA) is 55.4 Å². The summed E-state index contributed by atoms with van der Waals surface area (Å²) in [4.78, 5) is 26.0. The van der Waals surface area contributed by atoms with Gasteiger partial charge in [-0.15, -0.1) is 0 Å². The van der Waals surface area contributed by atoms with Crippen LogP contribution < -0.4 is 5.32 Å². The normalized spacial score (nSPS) is 11.8. The third-order valence-corrected chi connectivity index (χ3v) is 5.58. The number of amides is 1. The van der Waals surface area contributed by atoms with Gasteiger partial charge in [-0.05, 0) is 27.5 Å². The van der Waals surface area contributed by atoms with Crippen molar-refractivity contribution >= 4 is 22.6 Å². The monoisotopic (exact) mass is 423 g/mol. The lowest BCUT2D eigenvalue weighted by Crippen LogP contribution is -2.45. The maximum atomic E-state index is 13.5. The zero-order chi connectivity index (χ0) is 22.3. The molecule has 0 spiro atoms. The fourth-order valence-corrected chi connectivity index (χ4v) is 3.98. The van der Waals surface area contributed by atoms with Crippen molar-refractivity contribution in [3.8, 4) is 0 Å². The molecule has 4 aromatic rings. The Kier molecular flexibility index (Phi) is 6.61. The van der Waals surface area contributed by atoms with E-state index in [1.807, 2.05) is 103 Å². The van der Waals surface area contributed by atoms with E-state index in [1.165, 1.54) is 7.11 Å². The Labute approximate surface area is 187 Å². The minimum absolute atomic E-state index is 0.237. The van der Waals surface area contributed by atoms with Crippen LogP contribution in [0.25, 0.3) is 10.8 Å². The number of hydrogen-bond acceptors (Lipinski definition) is 3. The molecular weight excluding hydrogens is 398 g/mol. The Hall–Kier alpha value is -3.92. The highest BCUT2D eigenvalue weighted by molar-refractivity contribution is 5.91. The highest BCUT2D eigenvalue weighted by Gasteiger charge is 2.28. The number of ether oxygens (including phenoxy) is 1. The van der Waals surface area contributed by atoms with Crippen LogP contribution in [-0.4, -0.2) is 25.0 Å². The van der Waals surface area contributed by atoms with Crippen molar-refractivity contribution in [2.24, 2.45) is 0 Å². The van der Waals surface area contributed by atoms with Crippen LogP contribution in [0.1, 0.15) is 22.6 Å². The Bertz CT molecular complexity index is 1170. The van der Waals surface area contributed by atoms with Crippen molar-refractivity contribution in [1.82, 2.24) is 5.32 Å². The second-order valence-corrected chi connectivity index (χ2v) is 7.72. The maximum Gasteiger partial charge on any atom is 0.328 e. The highest BCUT2D eigenvalue weighted by Crippen LogP contribution is 2.25. The molecule has 0 bridgehead atoms. The van der Waals surface area contributed by atoms with Gasteiger partial charge >= 0.3 is 5.97 Å². The fraction of sp³-hybridized carbons (Fsp3) is 0.143. The molecule has 0 aliphatic rings. The summed E-state index contributed by atoms with van der Waals surface area (Å²) in [7, 11) is 1.34. The van der Waals surface area contributed by atoms with Crippen LogP contribution in [0.5, 0.6) is 0 Å². The van der Waals surface area contributed by atoms with E-state index in [4.69, 9.17) is 4.74 Å². The van der Waals surface area contributed by atoms with Gasteiger partial charge in [-0.2, -0.15) is 0 Å². The molecular formula is C28H25NO3. The van der Waals surface area contributed by atoms with E-state index >= 15 is 0 Å². The lowest BCUT2D eigenvalue weighted by Gasteiger charge is -2.22. The Morgan fingerprint density at radius 2 is 1.31 bits per heavy atom. The molecule has 0 unspecified atom stereocenters. The van der Waals surface area contributed by atoms with Crippen LogP contribution in [0.4, 0.5) is 0 Å². The van der Waals surface area contributed by atoms with E-state index in [9.17, 15) is 9.59 Å². The second-order valence-electron chi connectivity index (χ2n) is 7.72. The molecule has 0 radical (unpaired) electrons. The third-order valence-electron chi connectivity index (χ3n) is 5.58. The van der Waals surface area contributed by atoms with Crippen LogP contribution in [0.3, 0.4) is 0 Å². The summed E-state index contributed by atoms with van der Waals surface area (Å²) in [6.45, 7) is 0. The number of fused-ring (bicyclic) bond motifs is 1. The van der Waals surface area contributed by atoms with E-state index in [0.717, 1.165) is 27.5 Å². The van der Waals surface area contributed by atoms with Gasteiger partial charge in [-0.3, -0.25) is 4.79 Å². The van der Waals surface area contributed by atoms with Crippen LogP contribution >= 0.6 is 0 Å². The van der Waals surface area contributed by atoms with Gasteiger partial charge in [-0.25, -0.2) is 4.79 Å². The molecule has 0 fully saturated rings. The first-order valence-corrected chi connectivity index (χ1v) is 10.6. The number of rotatable bonds is 7. The highest BCUT2D eigenvalue weighted by atomic mass is 16.5. The predicted molar refractivity (Wildman–Crippen MR) is 126 cm³/mol. The number of esters is 1. The number of methoxy groups -OCH3 is 1. The summed E-state index contributed by atoms with van der Waals surface area (Å²) in [5, 5.41) is 5.16. The third kappa shape index (κ3) is 4.86. The van der Waals surface area contributed by atoms with Gasteiger partial charge in [0.2, 0.25) is 5.91 Å². The van der Waals surface area contributed by atoms with E-state index in [1.54, 1.807) is 0 Å². The van der Waals surface area contributed by atoms with Gasteiger partial charge in [0, 0.05) is 6.42 Å². The maximum absolute atomic E-state index is 13.5. The summed E-state index contributed by atoms with van der Waals surface area (Å²) in [5.74, 6) is -1.23. The summed E-state index contributed by atoms with van der Waals surface area (Å²) < 4.78 is 5.01. The molecule has 0 aromatic heterocycles. The lowest BCUT2D eigenvalue weighted by molar-refractivity contribution is -0.145. The van der Waals surface area contributed by atoms with Crippen LogP contribution in [0.15, 0.2) is 103 Å². The van der Waals surface area contributed by atoms with Gasteiger partial charge in [0.1, 0.15) is 6.04 Å². The molecule has 0 aliphatic carbocycles. The number of carbonyl (C=O) groups is 2. The van der Waals surface area contributed by atoms with Crippen molar-refractivity contribution in [1.29, 1.82) is 0 Å². The van der Waals surface area contributed by atoms with Gasteiger partial charge in [0.15, 0.2) is 0 Å². The summed E-state index contributed by atoms with van der Waals surface area (Å²) in [6.07, 6.45) is 0.347. The van der Waals surface area contributed by atoms with E-state index < -0.39 is 17.9 Å². The predicted octanol–water partition coefficient (Wildman–Crippen LogP) is 4.87. The molecule has 32 heavy (non-hydrogen) atoms. The molecule has 0 aliphatic heterocycles. The summed E-state index contributed by atoms with van der Waals surface area (Å²) >= 11 is 0. The molecule has 160 valence electrons. The average molecular weight is 424 g/mol. The Balaban J connectivity index is 1.61. The van der Waals surface area contributed by atoms with E-state index in [-0.39, 0.29) is 5.91 Å². The van der Waals surface area contributed by atoms with E-state index in [0.29, 0.717) is 6.42 Å². The zero-order valence-corrected chi connectivity index (χ0v) is 17.9. The number of carbonyl (C=O) groups excluding carboxylic acids is 2. The van der Waals surface area contributed by atoms with Crippen molar-refractivity contribution in [3.05, 3.63) is 120 Å². The SMILES string of the molecule is COC(=O)[C@@H](Cc1ccc2ccccc2c1)NC(=O)C(c1ccccc1)c1ccccc1. The quantitative estimate of drug-likeness (QED) is 0.432. The molecule has 4 nitrogen and oxygen atoms in total. The molecule has 4 heteroatoms. The lowest BCUT2D eigenvalue weighted by atomic mass is 9.90. The van der Waals surface area contributed by atoms with E-state index in [2.05, 4.69) is 5.32 Å². The first kappa shape index (κ1) is 21.3. The first-order valence-electron chi connectivity index (χ1n) is 10.6. The molecule has 1 N–H and O–H groups in total. The molecule has 0 saturated heterocycles. The van der Waals surface area contributed by atoms with Crippen molar-refractivity contribution in [2.75, 3.05) is 7.11 Å². The number of hydrogen-bond donors (Lipinski definition) is 1. The smallest absolute Gasteiger partial charge is 0.328 e. The van der Waals surface area contributed by atoms with Crippen molar-refractivity contribution in [2.45, 2.75) is 18.4 Å².